The Bertz CT molecular complexity index is 1020. The molecule has 0 unspecified atom stereocenters. The van der Waals surface area contributed by atoms with E-state index in [1.165, 1.54) is 11.8 Å². The fourth-order valence-corrected chi connectivity index (χ4v) is 3.95. The molecule has 2 aromatic carbocycles. The topological polar surface area (TPSA) is 80.0 Å². The van der Waals surface area contributed by atoms with Crippen molar-refractivity contribution in [2.45, 2.75) is 11.7 Å². The van der Waals surface area contributed by atoms with Gasteiger partial charge in [0.1, 0.15) is 5.75 Å². The van der Waals surface area contributed by atoms with Gasteiger partial charge in [-0.15, -0.1) is 16.8 Å². The maximum Gasteiger partial charge on any atom is 0.234 e. The van der Waals surface area contributed by atoms with Crippen LogP contribution in [0.5, 0.6) is 5.75 Å². The molecular formula is C19H16Br2N4O2S. The summed E-state index contributed by atoms with van der Waals surface area (Å²) in [5.74, 6) is 0.620. The molecule has 144 valence electrons. The molecule has 3 rings (SSSR count). The van der Waals surface area contributed by atoms with E-state index >= 15 is 0 Å². The first-order valence-corrected chi connectivity index (χ1v) is 10.8. The van der Waals surface area contributed by atoms with E-state index in [-0.39, 0.29) is 17.4 Å². The highest BCUT2D eigenvalue weighted by atomic mass is 79.9. The van der Waals surface area contributed by atoms with E-state index < -0.39 is 0 Å². The highest BCUT2D eigenvalue weighted by molar-refractivity contribution is 9.10. The van der Waals surface area contributed by atoms with Gasteiger partial charge in [0.25, 0.3) is 0 Å². The van der Waals surface area contributed by atoms with E-state index in [4.69, 9.17) is 0 Å². The van der Waals surface area contributed by atoms with Gasteiger partial charge in [0.05, 0.1) is 17.0 Å². The minimum atomic E-state index is -0.156. The number of nitrogens with zero attached hydrogens (tertiary/aromatic N) is 3. The van der Waals surface area contributed by atoms with Gasteiger partial charge in [0.15, 0.2) is 11.0 Å². The highest BCUT2D eigenvalue weighted by Crippen LogP contribution is 2.33. The molecule has 0 fully saturated rings. The number of benzene rings is 2. The van der Waals surface area contributed by atoms with Crippen LogP contribution in [0.4, 0.5) is 5.69 Å². The Morgan fingerprint density at radius 2 is 2.04 bits per heavy atom. The molecule has 0 aliphatic heterocycles. The molecule has 0 bridgehead atoms. The van der Waals surface area contributed by atoms with Crippen LogP contribution in [0.15, 0.2) is 69.2 Å². The first-order chi connectivity index (χ1) is 13.5. The van der Waals surface area contributed by atoms with Crippen molar-refractivity contribution in [3.63, 3.8) is 0 Å². The molecule has 2 N–H and O–H groups in total. The number of phenols is 1. The molecule has 1 amide bonds. The lowest BCUT2D eigenvalue weighted by Crippen LogP contribution is -2.15. The molecule has 0 radical (unpaired) electrons. The summed E-state index contributed by atoms with van der Waals surface area (Å²) in [5, 5.41) is 22.0. The van der Waals surface area contributed by atoms with Crippen LogP contribution >= 0.6 is 43.6 Å². The Morgan fingerprint density at radius 3 is 2.79 bits per heavy atom. The van der Waals surface area contributed by atoms with Crippen LogP contribution in [-0.4, -0.2) is 31.5 Å². The molecule has 6 nitrogen and oxygen atoms in total. The molecule has 9 heteroatoms. The summed E-state index contributed by atoms with van der Waals surface area (Å²) in [4.78, 5) is 12.3. The summed E-state index contributed by atoms with van der Waals surface area (Å²) in [7, 11) is 0. The van der Waals surface area contributed by atoms with Crippen molar-refractivity contribution in [3.8, 4) is 17.1 Å². The van der Waals surface area contributed by atoms with Gasteiger partial charge in [-0.2, -0.15) is 0 Å². The Hall–Kier alpha value is -2.10. The number of thioether (sulfide) groups is 1. The number of amides is 1. The lowest BCUT2D eigenvalue weighted by Gasteiger charge is -2.10. The SMILES string of the molecule is C=CCn1c(SCC(=O)Nc2ccccc2Br)nnc1-c1cc(Br)ccc1O. The van der Waals surface area contributed by atoms with Gasteiger partial charge in [-0.05, 0) is 46.3 Å². The smallest absolute Gasteiger partial charge is 0.234 e. The van der Waals surface area contributed by atoms with Gasteiger partial charge in [-0.25, -0.2) is 0 Å². The molecular weight excluding hydrogens is 508 g/mol. The van der Waals surface area contributed by atoms with Crippen LogP contribution < -0.4 is 5.32 Å². The summed E-state index contributed by atoms with van der Waals surface area (Å²) in [6.45, 7) is 4.22. The van der Waals surface area contributed by atoms with Crippen molar-refractivity contribution in [1.29, 1.82) is 0 Å². The van der Waals surface area contributed by atoms with Crippen molar-refractivity contribution in [2.75, 3.05) is 11.1 Å². The highest BCUT2D eigenvalue weighted by Gasteiger charge is 2.18. The number of para-hydroxylation sites is 1. The molecule has 0 atom stereocenters. The van der Waals surface area contributed by atoms with Gasteiger partial charge in [0, 0.05) is 15.5 Å². The third-order valence-electron chi connectivity index (χ3n) is 3.71. The van der Waals surface area contributed by atoms with E-state index in [9.17, 15) is 9.90 Å². The van der Waals surface area contributed by atoms with Crippen LogP contribution in [0.25, 0.3) is 11.4 Å². The van der Waals surface area contributed by atoms with Crippen molar-refractivity contribution in [2.24, 2.45) is 0 Å². The average molecular weight is 524 g/mol. The second kappa shape index (κ2) is 9.40. The predicted octanol–water partition coefficient (Wildman–Crippen LogP) is 5.09. The number of anilines is 1. The number of rotatable bonds is 7. The monoisotopic (exact) mass is 522 g/mol. The van der Waals surface area contributed by atoms with Crippen molar-refractivity contribution < 1.29 is 9.90 Å². The van der Waals surface area contributed by atoms with E-state index in [0.29, 0.717) is 28.8 Å². The normalized spacial score (nSPS) is 10.6. The summed E-state index contributed by atoms with van der Waals surface area (Å²) in [6.07, 6.45) is 1.72. The zero-order valence-electron chi connectivity index (χ0n) is 14.6. The molecule has 0 aliphatic rings. The zero-order chi connectivity index (χ0) is 20.1. The zero-order valence-corrected chi connectivity index (χ0v) is 18.6. The average Bonchev–Trinajstić information content (AvgIpc) is 3.07. The van der Waals surface area contributed by atoms with E-state index in [0.717, 1.165) is 8.95 Å². The molecule has 1 aromatic heterocycles. The molecule has 0 saturated heterocycles. The molecule has 0 spiro atoms. The third kappa shape index (κ3) is 4.84. The molecule has 3 aromatic rings. The van der Waals surface area contributed by atoms with E-state index in [1.54, 1.807) is 24.3 Å². The van der Waals surface area contributed by atoms with Gasteiger partial charge in [-0.1, -0.05) is 45.9 Å². The standard InChI is InChI=1S/C19H16Br2N4O2S/c1-2-9-25-18(13-10-12(20)7-8-16(13)26)23-24-19(25)28-11-17(27)22-15-6-4-3-5-14(15)21/h2-8,10,26H,1,9,11H2,(H,22,27). The lowest BCUT2D eigenvalue weighted by molar-refractivity contribution is -0.113. The molecule has 28 heavy (non-hydrogen) atoms. The van der Waals surface area contributed by atoms with Crippen molar-refractivity contribution in [3.05, 3.63) is 64.1 Å². The van der Waals surface area contributed by atoms with Gasteiger partial charge >= 0.3 is 0 Å². The first kappa shape index (κ1) is 20.6. The van der Waals surface area contributed by atoms with Gasteiger partial charge < -0.3 is 10.4 Å². The Kier molecular flexibility index (Phi) is 6.93. The quantitative estimate of drug-likeness (QED) is 0.333. The van der Waals surface area contributed by atoms with Crippen molar-refractivity contribution in [1.82, 2.24) is 14.8 Å². The number of hydrogen-bond donors (Lipinski definition) is 2. The molecule has 1 heterocycles. The number of aromatic nitrogens is 3. The summed E-state index contributed by atoms with van der Waals surface area (Å²) in [5.41, 5.74) is 1.26. The van der Waals surface area contributed by atoms with Gasteiger partial charge in [0.2, 0.25) is 5.91 Å². The summed E-state index contributed by atoms with van der Waals surface area (Å²) in [6, 6.07) is 12.5. The van der Waals surface area contributed by atoms with E-state index in [2.05, 4.69) is 54.0 Å². The number of carbonyl (C=O) groups is 1. The lowest BCUT2D eigenvalue weighted by atomic mass is 10.2. The molecule has 0 saturated carbocycles. The Morgan fingerprint density at radius 1 is 1.25 bits per heavy atom. The minimum absolute atomic E-state index is 0.101. The van der Waals surface area contributed by atoms with Crippen LogP contribution in [-0.2, 0) is 11.3 Å². The number of nitrogens with one attached hydrogen (secondary N) is 1. The van der Waals surface area contributed by atoms with Crippen molar-refractivity contribution >= 4 is 55.2 Å². The maximum atomic E-state index is 12.3. The number of hydrogen-bond acceptors (Lipinski definition) is 5. The Labute approximate surface area is 183 Å². The number of phenolic OH excluding ortho intramolecular Hbond substituents is 1. The largest absolute Gasteiger partial charge is 0.507 e. The first-order valence-electron chi connectivity index (χ1n) is 8.19. The number of allylic oxidation sites excluding steroid dienone is 1. The van der Waals surface area contributed by atoms with Crippen LogP contribution in [0, 0.1) is 0 Å². The third-order valence-corrected chi connectivity index (χ3v) is 5.86. The minimum Gasteiger partial charge on any atom is -0.507 e. The van der Waals surface area contributed by atoms with Crippen LogP contribution in [0.1, 0.15) is 0 Å². The number of halogens is 2. The second-order valence-electron chi connectivity index (χ2n) is 5.68. The molecule has 0 aliphatic carbocycles. The maximum absolute atomic E-state index is 12.3. The second-order valence-corrected chi connectivity index (χ2v) is 8.40. The van der Waals surface area contributed by atoms with Crippen LogP contribution in [0.2, 0.25) is 0 Å². The Balaban J connectivity index is 1.78. The van der Waals surface area contributed by atoms with Gasteiger partial charge in [-0.3, -0.25) is 9.36 Å². The predicted molar refractivity (Wildman–Crippen MR) is 119 cm³/mol. The summed E-state index contributed by atoms with van der Waals surface area (Å²) >= 11 is 8.08. The fourth-order valence-electron chi connectivity index (χ4n) is 2.45. The van der Waals surface area contributed by atoms with Crippen LogP contribution in [0.3, 0.4) is 0 Å². The fraction of sp³-hybridized carbons (Fsp3) is 0.105. The number of aromatic hydroxyl groups is 1. The summed E-state index contributed by atoms with van der Waals surface area (Å²) < 4.78 is 3.44. The number of carbonyl (C=O) groups excluding carboxylic acids is 1. The van der Waals surface area contributed by atoms with E-state index in [1.807, 2.05) is 28.8 Å².